The fourth-order valence-electron chi connectivity index (χ4n) is 11.1. The highest BCUT2D eigenvalue weighted by atomic mass is 16.5. The molecule has 11 aromatic rings. The van der Waals surface area contributed by atoms with Gasteiger partial charge in [0.25, 0.3) is 0 Å². The van der Waals surface area contributed by atoms with Crippen molar-refractivity contribution in [3.8, 4) is 29.1 Å². The van der Waals surface area contributed by atoms with Crippen molar-refractivity contribution in [1.82, 2.24) is 0 Å². The monoisotopic (exact) mass is 1620 g/mol. The van der Waals surface area contributed by atoms with Gasteiger partial charge < -0.3 is 14.2 Å². The standard InChI is InChI=1S/C13H16O.2C12H18O.8C10H14/c1-4-5-10-14-13-8-6-12(7-9-13)11(2)3;1-9(2)11-5-7-12(8-6-11)13-10(3)4;1-4-9-13-12-7-5-11(6-8-12)10(2)3;8*1-8(2)10-6-4-9(3)5-7-10/h6-9,11H,10H2,1-3H3;5-10H,1-4H3;5-8,10H,4,9H2,1-3H3;8*4-8H,1-3H3. The van der Waals surface area contributed by atoms with Crippen molar-refractivity contribution < 1.29 is 14.2 Å². The summed E-state index contributed by atoms with van der Waals surface area (Å²) in [6.07, 6.45) is 1.32. The highest BCUT2D eigenvalue weighted by Crippen LogP contribution is 2.25. The molecule has 0 unspecified atom stereocenters. The maximum atomic E-state index is 5.55. The van der Waals surface area contributed by atoms with Gasteiger partial charge in [-0.2, -0.15) is 0 Å². The Labute approximate surface area is 737 Å². The summed E-state index contributed by atoms with van der Waals surface area (Å²) in [7, 11) is 0. The van der Waals surface area contributed by atoms with Gasteiger partial charge in [-0.15, -0.1) is 5.92 Å². The van der Waals surface area contributed by atoms with Crippen molar-refractivity contribution >= 4 is 0 Å². The first-order valence-electron chi connectivity index (χ1n) is 44.8. The van der Waals surface area contributed by atoms with Crippen LogP contribution in [0.2, 0.25) is 0 Å². The summed E-state index contributed by atoms with van der Waals surface area (Å²) >= 11 is 0. The molecule has 0 spiro atoms. The molecule has 0 aromatic heterocycles. The minimum Gasteiger partial charge on any atom is -0.494 e. The minimum absolute atomic E-state index is 0.255. The van der Waals surface area contributed by atoms with Crippen LogP contribution in [0.4, 0.5) is 0 Å². The van der Waals surface area contributed by atoms with Gasteiger partial charge >= 0.3 is 0 Å². The molecule has 0 aliphatic carbocycles. The highest BCUT2D eigenvalue weighted by molar-refractivity contribution is 5.34. The molecule has 120 heavy (non-hydrogen) atoms. The maximum Gasteiger partial charge on any atom is 0.149 e. The van der Waals surface area contributed by atoms with Crippen LogP contribution in [0.5, 0.6) is 17.2 Å². The van der Waals surface area contributed by atoms with Crippen LogP contribution >= 0.6 is 0 Å². The Morgan fingerprint density at radius 3 is 0.475 bits per heavy atom. The Balaban J connectivity index is 0.000000661. The molecular weight excluding hydrogens is 1450 g/mol. The van der Waals surface area contributed by atoms with Crippen molar-refractivity contribution in [3.63, 3.8) is 0 Å². The van der Waals surface area contributed by atoms with Gasteiger partial charge in [-0.3, -0.25) is 0 Å². The zero-order valence-corrected chi connectivity index (χ0v) is 81.7. The van der Waals surface area contributed by atoms with Crippen molar-refractivity contribution in [2.75, 3.05) is 13.2 Å². The molecule has 11 aromatic carbocycles. The molecule has 0 aliphatic heterocycles. The second-order valence-corrected chi connectivity index (χ2v) is 35.4. The van der Waals surface area contributed by atoms with Crippen LogP contribution in [0.3, 0.4) is 0 Å². The molecule has 0 aliphatic rings. The molecular formula is C117H164O3. The first kappa shape index (κ1) is 108. The third kappa shape index (κ3) is 50.5. The average molecular weight is 1620 g/mol. The van der Waals surface area contributed by atoms with E-state index in [1.807, 2.05) is 57.2 Å². The van der Waals surface area contributed by atoms with E-state index in [0.717, 1.165) is 30.3 Å². The number of hydrogen-bond donors (Lipinski definition) is 0. The van der Waals surface area contributed by atoms with Crippen LogP contribution < -0.4 is 14.2 Å². The Bertz CT molecular complexity index is 3770. The van der Waals surface area contributed by atoms with Crippen molar-refractivity contribution in [2.24, 2.45) is 0 Å². The Hall–Kier alpha value is -9.62. The molecule has 11 rings (SSSR count). The molecule has 0 amide bonds. The molecule has 3 heteroatoms. The second-order valence-electron chi connectivity index (χ2n) is 35.4. The van der Waals surface area contributed by atoms with Crippen molar-refractivity contribution in [2.45, 2.75) is 313 Å². The predicted molar refractivity (Wildman–Crippen MR) is 534 cm³/mol. The van der Waals surface area contributed by atoms with E-state index < -0.39 is 0 Å². The lowest BCUT2D eigenvalue weighted by molar-refractivity contribution is 0.242. The SMILES string of the molecule is CC#CCOc1ccc(C(C)C)cc1.CC(C)Oc1ccc(C(C)C)cc1.CCCOc1ccc(C(C)C)cc1.Cc1ccc(C(C)C)cc1.Cc1ccc(C(C)C)cc1.Cc1ccc(C(C)C)cc1.Cc1ccc(C(C)C)cc1.Cc1ccc(C(C)C)cc1.Cc1ccc(C(C)C)cc1.Cc1ccc(C(C)C)cc1.Cc1ccc(C(C)C)cc1. The van der Waals surface area contributed by atoms with Crippen LogP contribution in [0.25, 0.3) is 0 Å². The second kappa shape index (κ2) is 61.6. The number of benzene rings is 11. The van der Waals surface area contributed by atoms with Crippen LogP contribution in [0, 0.1) is 67.2 Å². The van der Waals surface area contributed by atoms with Gasteiger partial charge in [-0.25, -0.2) is 0 Å². The first-order valence-corrected chi connectivity index (χ1v) is 44.8. The molecule has 0 bridgehead atoms. The van der Waals surface area contributed by atoms with Crippen LogP contribution in [-0.4, -0.2) is 19.3 Å². The summed E-state index contributed by atoms with van der Waals surface area (Å²) in [6, 6.07) is 94.6. The average Bonchev–Trinajstić information content (AvgIpc) is 0.889. The number of hydrogen-bond acceptors (Lipinski definition) is 3. The largest absolute Gasteiger partial charge is 0.494 e. The summed E-state index contributed by atoms with van der Waals surface area (Å²) in [5.41, 5.74) is 26.1. The van der Waals surface area contributed by atoms with Crippen LogP contribution in [0.1, 0.15) is 357 Å². The zero-order chi connectivity index (χ0) is 90.4. The van der Waals surface area contributed by atoms with E-state index >= 15 is 0 Å². The number of aryl methyl sites for hydroxylation is 8. The van der Waals surface area contributed by atoms with Gasteiger partial charge in [-0.05, 0) is 245 Å². The quantitative estimate of drug-likeness (QED) is 0.0802. The Morgan fingerprint density at radius 2 is 0.342 bits per heavy atom. The minimum atomic E-state index is 0.255. The van der Waals surface area contributed by atoms with E-state index in [2.05, 4.69) is 457 Å². The molecule has 0 radical (unpaired) electrons. The van der Waals surface area contributed by atoms with E-state index in [1.165, 1.54) is 106 Å². The van der Waals surface area contributed by atoms with E-state index in [-0.39, 0.29) is 6.10 Å². The Kier molecular flexibility index (Phi) is 55.7. The summed E-state index contributed by atoms with van der Waals surface area (Å²) in [5, 5.41) is 0. The van der Waals surface area contributed by atoms with Gasteiger partial charge in [0.1, 0.15) is 23.9 Å². The Morgan fingerprint density at radius 1 is 0.200 bits per heavy atom. The fraction of sp³-hybridized carbons (Fsp3) is 0.419. The molecule has 0 heterocycles. The molecule has 0 fully saturated rings. The molecule has 0 atom stereocenters. The summed E-state index contributed by atoms with van der Waals surface area (Å²) in [5.74, 6) is 15.5. The van der Waals surface area contributed by atoms with Crippen LogP contribution in [-0.2, 0) is 0 Å². The highest BCUT2D eigenvalue weighted by Gasteiger charge is 2.06. The molecule has 650 valence electrons. The first-order chi connectivity index (χ1) is 56.7. The maximum absolute atomic E-state index is 5.55. The van der Waals surface area contributed by atoms with Gasteiger partial charge in [-0.1, -0.05) is 440 Å². The molecule has 3 nitrogen and oxygen atoms in total. The lowest BCUT2D eigenvalue weighted by Gasteiger charge is -2.11. The van der Waals surface area contributed by atoms with E-state index in [9.17, 15) is 0 Å². The van der Waals surface area contributed by atoms with Gasteiger partial charge in [0, 0.05) is 0 Å². The fourth-order valence-corrected chi connectivity index (χ4v) is 11.1. The lowest BCUT2D eigenvalue weighted by atomic mass is 10.0. The summed E-state index contributed by atoms with van der Waals surface area (Å²) < 4.78 is 16.4. The zero-order valence-electron chi connectivity index (χ0n) is 81.7. The normalized spacial score (nSPS) is 10.3. The summed E-state index contributed by atoms with van der Waals surface area (Å²) in [6.45, 7) is 74.7. The summed E-state index contributed by atoms with van der Waals surface area (Å²) in [4.78, 5) is 0. The van der Waals surface area contributed by atoms with Gasteiger partial charge in [0.15, 0.2) is 0 Å². The lowest BCUT2D eigenvalue weighted by Crippen LogP contribution is -2.05. The topological polar surface area (TPSA) is 27.7 Å². The van der Waals surface area contributed by atoms with E-state index in [4.69, 9.17) is 14.2 Å². The smallest absolute Gasteiger partial charge is 0.149 e. The van der Waals surface area contributed by atoms with E-state index in [0.29, 0.717) is 71.7 Å². The van der Waals surface area contributed by atoms with E-state index in [1.54, 1.807) is 0 Å². The molecule has 0 saturated carbocycles. The number of rotatable bonds is 18. The van der Waals surface area contributed by atoms with Gasteiger partial charge in [0.05, 0.1) is 12.7 Å². The van der Waals surface area contributed by atoms with Crippen LogP contribution in [0.15, 0.2) is 267 Å². The van der Waals surface area contributed by atoms with Crippen molar-refractivity contribution in [1.29, 1.82) is 0 Å². The predicted octanol–water partition coefficient (Wildman–Crippen LogP) is 35.4. The van der Waals surface area contributed by atoms with Gasteiger partial charge in [0.2, 0.25) is 0 Å². The third-order valence-electron chi connectivity index (χ3n) is 19.9. The third-order valence-corrected chi connectivity index (χ3v) is 19.9. The van der Waals surface area contributed by atoms with Crippen molar-refractivity contribution in [3.05, 3.63) is 373 Å². The molecule has 0 saturated heterocycles. The molecule has 0 N–H and O–H groups in total. The number of ether oxygens (including phenoxy) is 3.